The maximum Gasteiger partial charge on any atom is 0.244 e. The normalized spacial score (nSPS) is 31.0. The molecule has 0 amide bonds. The van der Waals surface area contributed by atoms with Gasteiger partial charge in [-0.05, 0) is 30.5 Å². The third-order valence-corrected chi connectivity index (χ3v) is 6.56. The fourth-order valence-corrected chi connectivity index (χ4v) is 5.13. The number of hydrogen-bond donors (Lipinski definition) is 1. The first-order valence-electron chi connectivity index (χ1n) is 6.03. The Kier molecular flexibility index (Phi) is 3.30. The van der Waals surface area contributed by atoms with Crippen LogP contribution < -0.4 is 0 Å². The average molecular weight is 322 g/mol. The average Bonchev–Trinajstić information content (AvgIpc) is 2.66. The number of aliphatic hydroxyl groups is 1. The standard InChI is InChI=1S/C12H13Cl2NO3S/c13-8-1-2-12(10(14)4-8)19(17,18)15-5-7-3-11(16)9(7)6-15/h1-2,4,7,9,11,16H,3,5-6H2/t7-,9+,11-/m1/s1. The third-order valence-electron chi connectivity index (χ3n) is 4.01. The molecule has 1 saturated heterocycles. The van der Waals surface area contributed by atoms with Crippen LogP contribution in [0.1, 0.15) is 6.42 Å². The van der Waals surface area contributed by atoms with E-state index in [0.717, 1.165) is 0 Å². The fourth-order valence-electron chi connectivity index (χ4n) is 2.85. The van der Waals surface area contributed by atoms with E-state index in [9.17, 15) is 13.5 Å². The largest absolute Gasteiger partial charge is 0.393 e. The Labute approximate surface area is 122 Å². The lowest BCUT2D eigenvalue weighted by Gasteiger charge is -2.34. The minimum atomic E-state index is -3.60. The van der Waals surface area contributed by atoms with Gasteiger partial charge in [0.1, 0.15) is 4.90 Å². The highest BCUT2D eigenvalue weighted by Crippen LogP contribution is 2.43. The van der Waals surface area contributed by atoms with E-state index in [1.807, 2.05) is 0 Å². The third kappa shape index (κ3) is 2.17. The van der Waals surface area contributed by atoms with Gasteiger partial charge >= 0.3 is 0 Å². The number of hydrogen-bond acceptors (Lipinski definition) is 3. The summed E-state index contributed by atoms with van der Waals surface area (Å²) in [6.07, 6.45) is 0.316. The summed E-state index contributed by atoms with van der Waals surface area (Å²) in [6.45, 7) is 0.830. The van der Waals surface area contributed by atoms with Crippen molar-refractivity contribution in [3.8, 4) is 0 Å². The van der Waals surface area contributed by atoms with Gasteiger partial charge in [-0.1, -0.05) is 23.2 Å². The smallest absolute Gasteiger partial charge is 0.244 e. The van der Waals surface area contributed by atoms with E-state index in [1.54, 1.807) is 0 Å². The molecule has 2 aliphatic rings. The van der Waals surface area contributed by atoms with E-state index < -0.39 is 10.0 Å². The zero-order valence-electron chi connectivity index (χ0n) is 9.96. The lowest BCUT2D eigenvalue weighted by atomic mass is 9.74. The lowest BCUT2D eigenvalue weighted by Crippen LogP contribution is -2.39. The molecule has 19 heavy (non-hydrogen) atoms. The van der Waals surface area contributed by atoms with Crippen LogP contribution in [0.15, 0.2) is 23.1 Å². The molecule has 104 valence electrons. The molecule has 7 heteroatoms. The molecule has 0 spiro atoms. The second-order valence-electron chi connectivity index (χ2n) is 5.12. The van der Waals surface area contributed by atoms with Crippen LogP contribution >= 0.6 is 23.2 Å². The quantitative estimate of drug-likeness (QED) is 0.906. The summed E-state index contributed by atoms with van der Waals surface area (Å²) in [4.78, 5) is 0.0781. The number of nitrogens with zero attached hydrogens (tertiary/aromatic N) is 1. The summed E-state index contributed by atoms with van der Waals surface area (Å²) >= 11 is 11.7. The number of sulfonamides is 1. The molecule has 0 bridgehead atoms. The van der Waals surface area contributed by atoms with Gasteiger partial charge in [0, 0.05) is 24.0 Å². The molecular formula is C12H13Cl2NO3S. The van der Waals surface area contributed by atoms with Crippen LogP contribution in [0.3, 0.4) is 0 Å². The lowest BCUT2D eigenvalue weighted by molar-refractivity contribution is -0.00416. The van der Waals surface area contributed by atoms with Crippen molar-refractivity contribution in [2.24, 2.45) is 11.8 Å². The van der Waals surface area contributed by atoms with Crippen molar-refractivity contribution in [1.29, 1.82) is 0 Å². The summed E-state index contributed by atoms with van der Waals surface area (Å²) < 4.78 is 26.4. The molecular weight excluding hydrogens is 309 g/mol. The van der Waals surface area contributed by atoms with E-state index in [0.29, 0.717) is 24.5 Å². The maximum absolute atomic E-state index is 12.5. The molecule has 0 unspecified atom stereocenters. The van der Waals surface area contributed by atoms with Crippen molar-refractivity contribution in [1.82, 2.24) is 4.31 Å². The molecule has 1 saturated carbocycles. The van der Waals surface area contributed by atoms with E-state index in [4.69, 9.17) is 23.2 Å². The molecule has 3 atom stereocenters. The Balaban J connectivity index is 1.91. The molecule has 3 rings (SSSR count). The van der Waals surface area contributed by atoms with Crippen molar-refractivity contribution in [2.45, 2.75) is 17.4 Å². The molecule has 0 radical (unpaired) electrons. The Hall–Kier alpha value is -0.330. The molecule has 2 fully saturated rings. The first-order chi connectivity index (χ1) is 8.89. The number of aliphatic hydroxyl groups excluding tert-OH is 1. The molecule has 1 heterocycles. The van der Waals surface area contributed by atoms with Gasteiger partial charge in [-0.25, -0.2) is 8.42 Å². The van der Waals surface area contributed by atoms with Gasteiger partial charge in [0.05, 0.1) is 11.1 Å². The Bertz CT molecular complexity index is 619. The predicted octanol–water partition coefficient (Wildman–Crippen LogP) is 1.99. The van der Waals surface area contributed by atoms with E-state index in [-0.39, 0.29) is 27.9 Å². The van der Waals surface area contributed by atoms with Crippen molar-refractivity contribution >= 4 is 33.2 Å². The summed E-state index contributed by atoms with van der Waals surface area (Å²) in [7, 11) is -3.60. The second kappa shape index (κ2) is 4.60. The van der Waals surface area contributed by atoms with Gasteiger partial charge in [0.15, 0.2) is 0 Å². The monoisotopic (exact) mass is 321 g/mol. The Morgan fingerprint density at radius 1 is 1.26 bits per heavy atom. The first-order valence-corrected chi connectivity index (χ1v) is 8.22. The minimum absolute atomic E-state index is 0.0702. The molecule has 0 aromatic heterocycles. The van der Waals surface area contributed by atoms with Crippen LogP contribution in [-0.4, -0.2) is 37.0 Å². The van der Waals surface area contributed by atoms with Gasteiger partial charge in [0.2, 0.25) is 10.0 Å². The highest BCUT2D eigenvalue weighted by Gasteiger charge is 2.49. The predicted molar refractivity (Wildman–Crippen MR) is 72.8 cm³/mol. The van der Waals surface area contributed by atoms with Crippen molar-refractivity contribution in [3.63, 3.8) is 0 Å². The molecule has 1 aromatic carbocycles. The van der Waals surface area contributed by atoms with Gasteiger partial charge < -0.3 is 5.11 Å². The molecule has 1 aromatic rings. The summed E-state index contributed by atoms with van der Waals surface area (Å²) in [5.41, 5.74) is 0. The van der Waals surface area contributed by atoms with E-state index >= 15 is 0 Å². The maximum atomic E-state index is 12.5. The molecule has 4 nitrogen and oxygen atoms in total. The van der Waals surface area contributed by atoms with Crippen LogP contribution in [0.5, 0.6) is 0 Å². The minimum Gasteiger partial charge on any atom is -0.393 e. The fraction of sp³-hybridized carbons (Fsp3) is 0.500. The topological polar surface area (TPSA) is 57.6 Å². The summed E-state index contributed by atoms with van der Waals surface area (Å²) in [5, 5.41) is 10.1. The highest BCUT2D eigenvalue weighted by molar-refractivity contribution is 7.89. The zero-order chi connectivity index (χ0) is 13.8. The zero-order valence-corrected chi connectivity index (χ0v) is 12.3. The van der Waals surface area contributed by atoms with Crippen molar-refractivity contribution < 1.29 is 13.5 Å². The SMILES string of the molecule is O=S(=O)(c1ccc(Cl)cc1Cl)N1C[C@H]2C[C@@H](O)[C@H]2C1. The Morgan fingerprint density at radius 3 is 2.58 bits per heavy atom. The van der Waals surface area contributed by atoms with E-state index in [2.05, 4.69) is 0 Å². The summed E-state index contributed by atoms with van der Waals surface area (Å²) in [6, 6.07) is 4.37. The first kappa shape index (κ1) is 13.6. The van der Waals surface area contributed by atoms with Gasteiger partial charge in [0.25, 0.3) is 0 Å². The Morgan fingerprint density at radius 2 is 2.00 bits per heavy atom. The molecule has 1 aliphatic carbocycles. The van der Waals surface area contributed by atoms with Crippen LogP contribution in [0.2, 0.25) is 10.0 Å². The van der Waals surface area contributed by atoms with Crippen LogP contribution in [0.4, 0.5) is 0 Å². The summed E-state index contributed by atoms with van der Waals surface area (Å²) in [5.74, 6) is 0.344. The van der Waals surface area contributed by atoms with Gasteiger partial charge in [-0.2, -0.15) is 4.31 Å². The molecule has 1 aliphatic heterocycles. The second-order valence-corrected chi connectivity index (χ2v) is 7.87. The van der Waals surface area contributed by atoms with Gasteiger partial charge in [-0.15, -0.1) is 0 Å². The highest BCUT2D eigenvalue weighted by atomic mass is 35.5. The number of fused-ring (bicyclic) bond motifs is 1. The number of halogens is 2. The van der Waals surface area contributed by atoms with Crippen LogP contribution in [0.25, 0.3) is 0 Å². The molecule has 1 N–H and O–H groups in total. The van der Waals surface area contributed by atoms with Crippen LogP contribution in [0, 0.1) is 11.8 Å². The van der Waals surface area contributed by atoms with Crippen molar-refractivity contribution in [3.05, 3.63) is 28.2 Å². The number of rotatable bonds is 2. The van der Waals surface area contributed by atoms with Crippen LogP contribution in [-0.2, 0) is 10.0 Å². The number of benzene rings is 1. The van der Waals surface area contributed by atoms with Gasteiger partial charge in [-0.3, -0.25) is 0 Å². The van der Waals surface area contributed by atoms with E-state index in [1.165, 1.54) is 22.5 Å². The van der Waals surface area contributed by atoms with Crippen molar-refractivity contribution in [2.75, 3.05) is 13.1 Å².